The molecule has 0 saturated carbocycles. The van der Waals surface area contributed by atoms with Gasteiger partial charge in [-0.15, -0.1) is 0 Å². The number of hydrogen-bond donors (Lipinski definition) is 1. The van der Waals surface area contributed by atoms with E-state index in [0.29, 0.717) is 12.0 Å². The minimum Gasteiger partial charge on any atom is -0.310 e. The summed E-state index contributed by atoms with van der Waals surface area (Å²) in [6.07, 6.45) is 0.453. The number of thiophene rings is 1. The van der Waals surface area contributed by atoms with E-state index in [0.717, 1.165) is 18.2 Å². The maximum atomic E-state index is 13.6. The smallest absolute Gasteiger partial charge is 0.162 e. The van der Waals surface area contributed by atoms with E-state index in [1.54, 1.807) is 23.5 Å². The molecule has 0 amide bonds. The van der Waals surface area contributed by atoms with Crippen LogP contribution in [0.15, 0.2) is 35.0 Å². The first-order chi connectivity index (χ1) is 8.72. The first kappa shape index (κ1) is 13.2. The van der Waals surface area contributed by atoms with E-state index in [-0.39, 0.29) is 6.04 Å². The lowest BCUT2D eigenvalue weighted by molar-refractivity contribution is 0.481. The van der Waals surface area contributed by atoms with Crippen LogP contribution in [0.1, 0.15) is 24.1 Å². The van der Waals surface area contributed by atoms with Gasteiger partial charge in [0, 0.05) is 6.04 Å². The highest BCUT2D eigenvalue weighted by molar-refractivity contribution is 7.07. The third kappa shape index (κ3) is 2.94. The molecule has 1 aromatic carbocycles. The fourth-order valence-corrected chi connectivity index (χ4v) is 2.67. The molecule has 96 valence electrons. The SMILES string of the molecule is CCNC(Cc1cccc(F)c1F)c1ccsc1. The monoisotopic (exact) mass is 267 g/mol. The van der Waals surface area contributed by atoms with Gasteiger partial charge in [0.25, 0.3) is 0 Å². The molecule has 0 aliphatic rings. The van der Waals surface area contributed by atoms with E-state index in [4.69, 9.17) is 0 Å². The van der Waals surface area contributed by atoms with Gasteiger partial charge in [0.05, 0.1) is 0 Å². The van der Waals surface area contributed by atoms with E-state index in [9.17, 15) is 8.78 Å². The topological polar surface area (TPSA) is 12.0 Å². The van der Waals surface area contributed by atoms with Crippen molar-refractivity contribution in [2.45, 2.75) is 19.4 Å². The van der Waals surface area contributed by atoms with Crippen LogP contribution >= 0.6 is 11.3 Å². The number of hydrogen-bond acceptors (Lipinski definition) is 2. The average molecular weight is 267 g/mol. The molecule has 0 fully saturated rings. The molecular weight excluding hydrogens is 252 g/mol. The summed E-state index contributed by atoms with van der Waals surface area (Å²) in [4.78, 5) is 0. The number of likely N-dealkylation sites (N-methyl/N-ethyl adjacent to an activating group) is 1. The number of rotatable bonds is 5. The largest absolute Gasteiger partial charge is 0.310 e. The molecule has 2 rings (SSSR count). The number of halogens is 2. The highest BCUT2D eigenvalue weighted by Crippen LogP contribution is 2.23. The standard InChI is InChI=1S/C14H15F2NS/c1-2-17-13(11-6-7-18-9-11)8-10-4-3-5-12(15)14(10)16/h3-7,9,13,17H,2,8H2,1H3. The molecule has 0 aliphatic heterocycles. The van der Waals surface area contributed by atoms with Crippen molar-refractivity contribution < 1.29 is 8.78 Å². The molecular formula is C14H15F2NS. The van der Waals surface area contributed by atoms with Gasteiger partial charge < -0.3 is 5.32 Å². The lowest BCUT2D eigenvalue weighted by Gasteiger charge is -2.17. The van der Waals surface area contributed by atoms with Crippen LogP contribution in [0, 0.1) is 11.6 Å². The van der Waals surface area contributed by atoms with Gasteiger partial charge in [0.15, 0.2) is 11.6 Å². The third-order valence-electron chi connectivity index (χ3n) is 2.85. The lowest BCUT2D eigenvalue weighted by Crippen LogP contribution is -2.23. The van der Waals surface area contributed by atoms with Gasteiger partial charge in [-0.2, -0.15) is 11.3 Å². The van der Waals surface area contributed by atoms with E-state index in [2.05, 4.69) is 5.32 Å². The van der Waals surface area contributed by atoms with Crippen LogP contribution in [0.2, 0.25) is 0 Å². The predicted molar refractivity (Wildman–Crippen MR) is 70.8 cm³/mol. The fraction of sp³-hybridized carbons (Fsp3) is 0.286. The molecule has 1 heterocycles. The second kappa shape index (κ2) is 6.07. The normalized spacial score (nSPS) is 12.6. The fourth-order valence-electron chi connectivity index (χ4n) is 1.95. The summed E-state index contributed by atoms with van der Waals surface area (Å²) in [6, 6.07) is 6.36. The summed E-state index contributed by atoms with van der Waals surface area (Å²) in [5.41, 5.74) is 1.53. The van der Waals surface area contributed by atoms with Crippen LogP contribution in [-0.4, -0.2) is 6.54 Å². The minimum absolute atomic E-state index is 0.0255. The molecule has 4 heteroatoms. The Kier molecular flexibility index (Phi) is 4.44. The zero-order valence-electron chi connectivity index (χ0n) is 10.1. The van der Waals surface area contributed by atoms with Crippen molar-refractivity contribution in [1.29, 1.82) is 0 Å². The number of benzene rings is 1. The van der Waals surface area contributed by atoms with Gasteiger partial charge in [-0.05, 0) is 47.0 Å². The second-order valence-corrected chi connectivity index (χ2v) is 4.86. The quantitative estimate of drug-likeness (QED) is 0.865. The molecule has 1 nitrogen and oxygen atoms in total. The van der Waals surface area contributed by atoms with E-state index in [1.165, 1.54) is 0 Å². The Hall–Kier alpha value is -1.26. The van der Waals surface area contributed by atoms with Crippen LogP contribution in [0.4, 0.5) is 8.78 Å². The molecule has 1 atom stereocenters. The Morgan fingerprint density at radius 3 is 2.78 bits per heavy atom. The van der Waals surface area contributed by atoms with Gasteiger partial charge in [-0.3, -0.25) is 0 Å². The average Bonchev–Trinajstić information content (AvgIpc) is 2.88. The molecule has 0 aliphatic carbocycles. The highest BCUT2D eigenvalue weighted by Gasteiger charge is 2.15. The van der Waals surface area contributed by atoms with E-state index in [1.807, 2.05) is 23.8 Å². The summed E-state index contributed by atoms with van der Waals surface area (Å²) < 4.78 is 26.8. The first-order valence-electron chi connectivity index (χ1n) is 5.90. The van der Waals surface area contributed by atoms with Crippen molar-refractivity contribution in [3.63, 3.8) is 0 Å². The summed E-state index contributed by atoms with van der Waals surface area (Å²) in [7, 11) is 0. The molecule has 1 N–H and O–H groups in total. The van der Waals surface area contributed by atoms with E-state index >= 15 is 0 Å². The van der Waals surface area contributed by atoms with Crippen LogP contribution in [0.25, 0.3) is 0 Å². The Balaban J connectivity index is 2.21. The van der Waals surface area contributed by atoms with Crippen molar-refractivity contribution in [2.75, 3.05) is 6.54 Å². The molecule has 18 heavy (non-hydrogen) atoms. The summed E-state index contributed by atoms with van der Waals surface area (Å²) in [5, 5.41) is 7.32. The van der Waals surface area contributed by atoms with Gasteiger partial charge in [-0.1, -0.05) is 19.1 Å². The van der Waals surface area contributed by atoms with Crippen molar-refractivity contribution in [3.05, 3.63) is 57.8 Å². The van der Waals surface area contributed by atoms with Gasteiger partial charge in [0.2, 0.25) is 0 Å². The lowest BCUT2D eigenvalue weighted by atomic mass is 10.0. The Bertz CT molecular complexity index is 497. The van der Waals surface area contributed by atoms with Crippen LogP contribution in [0.5, 0.6) is 0 Å². The van der Waals surface area contributed by atoms with Gasteiger partial charge in [-0.25, -0.2) is 8.78 Å². The molecule has 0 radical (unpaired) electrons. The molecule has 0 saturated heterocycles. The van der Waals surface area contributed by atoms with Crippen LogP contribution in [0.3, 0.4) is 0 Å². The summed E-state index contributed by atoms with van der Waals surface area (Å²) in [5.74, 6) is -1.52. The zero-order valence-corrected chi connectivity index (χ0v) is 10.9. The third-order valence-corrected chi connectivity index (χ3v) is 3.55. The van der Waals surface area contributed by atoms with Crippen LogP contribution in [-0.2, 0) is 6.42 Å². The maximum Gasteiger partial charge on any atom is 0.162 e. The number of nitrogens with one attached hydrogen (secondary N) is 1. The molecule has 1 unspecified atom stereocenters. The first-order valence-corrected chi connectivity index (χ1v) is 6.85. The van der Waals surface area contributed by atoms with Crippen molar-refractivity contribution in [2.24, 2.45) is 0 Å². The Labute approximate surface area is 109 Å². The van der Waals surface area contributed by atoms with Crippen molar-refractivity contribution in [1.82, 2.24) is 5.32 Å². The molecule has 0 bridgehead atoms. The second-order valence-electron chi connectivity index (χ2n) is 4.08. The Morgan fingerprint density at radius 2 is 2.11 bits per heavy atom. The molecule has 0 spiro atoms. The minimum atomic E-state index is -0.784. The van der Waals surface area contributed by atoms with Crippen LogP contribution < -0.4 is 5.32 Å². The predicted octanol–water partition coefficient (Wildman–Crippen LogP) is 3.92. The summed E-state index contributed by atoms with van der Waals surface area (Å²) in [6.45, 7) is 2.79. The van der Waals surface area contributed by atoms with E-state index < -0.39 is 11.6 Å². The van der Waals surface area contributed by atoms with Crippen molar-refractivity contribution >= 4 is 11.3 Å². The highest BCUT2D eigenvalue weighted by atomic mass is 32.1. The summed E-state index contributed by atoms with van der Waals surface area (Å²) >= 11 is 1.60. The molecule has 1 aromatic heterocycles. The van der Waals surface area contributed by atoms with Crippen molar-refractivity contribution in [3.8, 4) is 0 Å². The van der Waals surface area contributed by atoms with Gasteiger partial charge >= 0.3 is 0 Å². The zero-order chi connectivity index (χ0) is 13.0. The Morgan fingerprint density at radius 1 is 1.28 bits per heavy atom. The molecule has 2 aromatic rings. The maximum absolute atomic E-state index is 13.6. The van der Waals surface area contributed by atoms with Gasteiger partial charge in [0.1, 0.15) is 0 Å².